The fraction of sp³-hybridized carbons (Fsp3) is 0.500. The molecule has 0 N–H and O–H groups in total. The lowest BCUT2D eigenvalue weighted by Crippen LogP contribution is -2.16. The summed E-state index contributed by atoms with van der Waals surface area (Å²) in [6, 6.07) is 0. The molecule has 0 aliphatic carbocycles. The second-order valence-corrected chi connectivity index (χ2v) is 2.24. The zero-order chi connectivity index (χ0) is 5.56. The van der Waals surface area contributed by atoms with Crippen molar-refractivity contribution in [2.75, 3.05) is 0 Å². The van der Waals surface area contributed by atoms with Crippen molar-refractivity contribution in [2.45, 2.75) is 19.9 Å². The first-order valence-corrected chi connectivity index (χ1v) is 2.89. The van der Waals surface area contributed by atoms with Crippen molar-refractivity contribution in [3.63, 3.8) is 0 Å². The fourth-order valence-corrected chi connectivity index (χ4v) is 1.06. The van der Waals surface area contributed by atoms with Crippen LogP contribution in [0.4, 0.5) is 0 Å². The van der Waals surface area contributed by atoms with E-state index in [4.69, 9.17) is 0 Å². The molecule has 0 saturated carbocycles. The van der Waals surface area contributed by atoms with Gasteiger partial charge in [-0.2, -0.15) is 0 Å². The lowest BCUT2D eigenvalue weighted by atomic mass is 10.3. The van der Waals surface area contributed by atoms with Gasteiger partial charge in [-0.1, -0.05) is 0 Å². The third-order valence-electron chi connectivity index (χ3n) is 1.56. The van der Waals surface area contributed by atoms with Crippen LogP contribution in [0.25, 0.3) is 0 Å². The highest BCUT2D eigenvalue weighted by Gasteiger charge is 2.12. The van der Waals surface area contributed by atoms with Gasteiger partial charge in [0.1, 0.15) is 5.82 Å². The fourth-order valence-electron chi connectivity index (χ4n) is 1.06. The molecule has 1 aromatic rings. The van der Waals surface area contributed by atoms with Gasteiger partial charge in [0.05, 0.1) is 5.69 Å². The van der Waals surface area contributed by atoms with E-state index in [1.807, 2.05) is 6.92 Å². The molecule has 0 atom stereocenters. The molecule has 0 amide bonds. The van der Waals surface area contributed by atoms with Gasteiger partial charge >= 0.3 is 0 Å². The Bertz CT molecular complexity index is 191. The number of aryl methyl sites for hydroxylation is 3. The Labute approximate surface area is 48.2 Å². The number of nitrogens with zero attached hydrogens (tertiary/aromatic N) is 2. The average Bonchev–Trinajstić information content (AvgIpc) is 1.91. The van der Waals surface area contributed by atoms with Crippen molar-refractivity contribution in [1.82, 2.24) is 9.55 Å². The Morgan fingerprint density at radius 2 is 2.62 bits per heavy atom. The second kappa shape index (κ2) is 1.13. The molecule has 0 aromatic carbocycles. The van der Waals surface area contributed by atoms with Crippen molar-refractivity contribution >= 4 is 0 Å². The lowest BCUT2D eigenvalue weighted by Gasteiger charge is -2.13. The maximum atomic E-state index is 4.26. The van der Waals surface area contributed by atoms with Gasteiger partial charge in [-0.3, -0.25) is 0 Å². The highest BCUT2D eigenvalue weighted by Crippen LogP contribution is 2.12. The van der Waals surface area contributed by atoms with E-state index in [1.165, 1.54) is 18.8 Å². The Morgan fingerprint density at radius 3 is 2.88 bits per heavy atom. The zero-order valence-corrected chi connectivity index (χ0v) is 4.89. The van der Waals surface area contributed by atoms with E-state index >= 15 is 0 Å². The maximum Gasteiger partial charge on any atom is 0.110 e. The highest BCUT2D eigenvalue weighted by atomic mass is 15.1. The summed E-state index contributed by atoms with van der Waals surface area (Å²) in [5.41, 5.74) is 1.15. The third-order valence-corrected chi connectivity index (χ3v) is 1.56. The van der Waals surface area contributed by atoms with Crippen LogP contribution in [0.1, 0.15) is 11.5 Å². The first-order valence-electron chi connectivity index (χ1n) is 2.89. The van der Waals surface area contributed by atoms with Gasteiger partial charge in [0, 0.05) is 19.2 Å². The van der Waals surface area contributed by atoms with Crippen LogP contribution in [0.5, 0.6) is 0 Å². The quantitative estimate of drug-likeness (QED) is 0.479. The van der Waals surface area contributed by atoms with E-state index in [9.17, 15) is 0 Å². The van der Waals surface area contributed by atoms with Crippen molar-refractivity contribution < 1.29 is 0 Å². The predicted molar refractivity (Wildman–Crippen MR) is 30.7 cm³/mol. The molecule has 2 heteroatoms. The van der Waals surface area contributed by atoms with Gasteiger partial charge in [0.25, 0.3) is 0 Å². The van der Waals surface area contributed by atoms with Gasteiger partial charge < -0.3 is 4.57 Å². The molecular formula is C6H8N2. The molecule has 1 aliphatic heterocycles. The standard InChI is InChI=1S/C6H8N2/c1-5-4-8-3-2-6(8)7-5/h4H,2-3H2,1H3. The summed E-state index contributed by atoms with van der Waals surface area (Å²) in [7, 11) is 0. The molecule has 2 heterocycles. The van der Waals surface area contributed by atoms with E-state index in [1.54, 1.807) is 0 Å². The smallest absolute Gasteiger partial charge is 0.110 e. The molecule has 2 rings (SSSR count). The monoisotopic (exact) mass is 108 g/mol. The van der Waals surface area contributed by atoms with Crippen LogP contribution in [0.15, 0.2) is 6.20 Å². The maximum absolute atomic E-state index is 4.26. The minimum absolute atomic E-state index is 1.15. The largest absolute Gasteiger partial charge is 0.334 e. The molecule has 0 spiro atoms. The molecule has 2 nitrogen and oxygen atoms in total. The SMILES string of the molecule is Cc1cn2c(n1)CC2. The van der Waals surface area contributed by atoms with Crippen molar-refractivity contribution in [3.05, 3.63) is 17.7 Å². The second-order valence-electron chi connectivity index (χ2n) is 2.24. The summed E-state index contributed by atoms with van der Waals surface area (Å²) in [4.78, 5) is 4.26. The molecule has 0 radical (unpaired) electrons. The van der Waals surface area contributed by atoms with Crippen molar-refractivity contribution in [2.24, 2.45) is 0 Å². The zero-order valence-electron chi connectivity index (χ0n) is 4.89. The van der Waals surface area contributed by atoms with E-state index in [0.29, 0.717) is 0 Å². The predicted octanol–water partition coefficient (Wildman–Crippen LogP) is 0.748. The Kier molecular flexibility index (Phi) is 0.583. The van der Waals surface area contributed by atoms with E-state index < -0.39 is 0 Å². The number of hydrogen-bond acceptors (Lipinski definition) is 1. The summed E-state index contributed by atoms with van der Waals surface area (Å²) < 4.78 is 2.19. The number of hydrogen-bond donors (Lipinski definition) is 0. The molecular weight excluding hydrogens is 100 g/mol. The van der Waals surface area contributed by atoms with Crippen molar-refractivity contribution in [3.8, 4) is 0 Å². The summed E-state index contributed by atoms with van der Waals surface area (Å²) in [5.74, 6) is 1.25. The molecule has 1 aliphatic rings. The third kappa shape index (κ3) is 0.351. The van der Waals surface area contributed by atoms with Crippen LogP contribution >= 0.6 is 0 Å². The van der Waals surface area contributed by atoms with Crippen LogP contribution in [0.3, 0.4) is 0 Å². The number of fused-ring (bicyclic) bond motifs is 1. The Morgan fingerprint density at radius 1 is 1.75 bits per heavy atom. The summed E-state index contributed by atoms with van der Waals surface area (Å²) >= 11 is 0. The van der Waals surface area contributed by atoms with Crippen LogP contribution in [-0.2, 0) is 13.0 Å². The number of rotatable bonds is 0. The Balaban J connectivity index is 2.61. The van der Waals surface area contributed by atoms with E-state index in [2.05, 4.69) is 15.7 Å². The minimum Gasteiger partial charge on any atom is -0.334 e. The number of aromatic nitrogens is 2. The van der Waals surface area contributed by atoms with Gasteiger partial charge in [0.2, 0.25) is 0 Å². The van der Waals surface area contributed by atoms with Gasteiger partial charge in [-0.05, 0) is 6.92 Å². The van der Waals surface area contributed by atoms with Crippen LogP contribution < -0.4 is 0 Å². The summed E-state index contributed by atoms with van der Waals surface area (Å²) in [6.07, 6.45) is 3.27. The molecule has 0 fully saturated rings. The van der Waals surface area contributed by atoms with E-state index in [-0.39, 0.29) is 0 Å². The number of imidazole rings is 1. The van der Waals surface area contributed by atoms with Gasteiger partial charge in [-0.15, -0.1) is 0 Å². The first-order chi connectivity index (χ1) is 3.86. The molecule has 0 bridgehead atoms. The van der Waals surface area contributed by atoms with Crippen LogP contribution in [-0.4, -0.2) is 9.55 Å². The lowest BCUT2D eigenvalue weighted by molar-refractivity contribution is 0.538. The average molecular weight is 108 g/mol. The van der Waals surface area contributed by atoms with Gasteiger partial charge in [0.15, 0.2) is 0 Å². The first kappa shape index (κ1) is 4.13. The summed E-state index contributed by atoms with van der Waals surface area (Å²) in [6.45, 7) is 3.21. The topological polar surface area (TPSA) is 17.8 Å². The molecule has 8 heavy (non-hydrogen) atoms. The summed E-state index contributed by atoms with van der Waals surface area (Å²) in [5, 5.41) is 0. The molecule has 1 aromatic heterocycles. The van der Waals surface area contributed by atoms with Crippen molar-refractivity contribution in [1.29, 1.82) is 0 Å². The minimum atomic E-state index is 1.15. The van der Waals surface area contributed by atoms with Gasteiger partial charge in [-0.25, -0.2) is 4.98 Å². The molecule has 0 saturated heterocycles. The molecule has 42 valence electrons. The normalized spacial score (nSPS) is 15.1. The Hall–Kier alpha value is -0.790. The van der Waals surface area contributed by atoms with Crippen LogP contribution in [0, 0.1) is 6.92 Å². The molecule has 0 unspecified atom stereocenters. The highest BCUT2D eigenvalue weighted by molar-refractivity contribution is 5.07. The van der Waals surface area contributed by atoms with E-state index in [0.717, 1.165) is 5.69 Å². The van der Waals surface area contributed by atoms with Crippen LogP contribution in [0.2, 0.25) is 0 Å².